The van der Waals surface area contributed by atoms with Crippen molar-refractivity contribution in [1.29, 1.82) is 0 Å². The van der Waals surface area contributed by atoms with Gasteiger partial charge in [0.05, 0.1) is 0 Å². The number of carbonyl (C=O) groups excluding carboxylic acids is 2. The summed E-state index contributed by atoms with van der Waals surface area (Å²) in [6.45, 7) is 3.65. The maximum Gasteiger partial charge on any atom is 0.331 e. The van der Waals surface area contributed by atoms with Crippen molar-refractivity contribution in [3.63, 3.8) is 0 Å². The number of ether oxygens (including phenoxy) is 2. The highest BCUT2D eigenvalue weighted by atomic mass is 16.5. The highest BCUT2D eigenvalue weighted by molar-refractivity contribution is 5.98. The Hall–Kier alpha value is -3.16. The summed E-state index contributed by atoms with van der Waals surface area (Å²) in [5.41, 5.74) is -1.02. The Morgan fingerprint density at radius 2 is 1.21 bits per heavy atom. The van der Waals surface area contributed by atoms with Crippen LogP contribution in [0.3, 0.4) is 0 Å². The van der Waals surface area contributed by atoms with E-state index in [1.54, 1.807) is 24.3 Å². The second kappa shape index (κ2) is 15.9. The van der Waals surface area contributed by atoms with E-state index in [2.05, 4.69) is 0 Å². The molecule has 0 bridgehead atoms. The van der Waals surface area contributed by atoms with Crippen molar-refractivity contribution in [2.75, 3.05) is 0 Å². The van der Waals surface area contributed by atoms with Crippen molar-refractivity contribution in [2.24, 2.45) is 11.3 Å². The van der Waals surface area contributed by atoms with Crippen molar-refractivity contribution in [3.8, 4) is 0 Å². The minimum absolute atomic E-state index is 0.000845. The Kier molecular flexibility index (Phi) is 13.0. The van der Waals surface area contributed by atoms with Gasteiger partial charge in [-0.25, -0.2) is 9.59 Å². The molecule has 3 rings (SSSR count). The van der Waals surface area contributed by atoms with Gasteiger partial charge in [0.25, 0.3) is 0 Å². The lowest BCUT2D eigenvalue weighted by Crippen LogP contribution is -2.42. The SMILES string of the molecule is CC(C)CC(Cc1ccccc1)(C(=O)O)C(=O)O.O=C(/C=C\C(=O)OC1CCCCC1)OC1CCCCC1. The van der Waals surface area contributed by atoms with Gasteiger partial charge in [-0.15, -0.1) is 0 Å². The van der Waals surface area contributed by atoms with Gasteiger partial charge in [0, 0.05) is 12.2 Å². The molecule has 0 unspecified atom stereocenters. The number of carboxylic acids is 2. The van der Waals surface area contributed by atoms with Gasteiger partial charge in [0.2, 0.25) is 0 Å². The van der Waals surface area contributed by atoms with Gasteiger partial charge < -0.3 is 19.7 Å². The highest BCUT2D eigenvalue weighted by Crippen LogP contribution is 2.32. The summed E-state index contributed by atoms with van der Waals surface area (Å²) in [4.78, 5) is 46.0. The largest absolute Gasteiger partial charge is 0.480 e. The van der Waals surface area contributed by atoms with Crippen LogP contribution in [0.4, 0.5) is 0 Å². The lowest BCUT2D eigenvalue weighted by atomic mass is 9.75. The number of esters is 2. The van der Waals surface area contributed by atoms with Crippen LogP contribution in [0.2, 0.25) is 0 Å². The summed E-state index contributed by atoms with van der Waals surface area (Å²) < 4.78 is 10.6. The third kappa shape index (κ3) is 10.7. The first-order valence-corrected chi connectivity index (χ1v) is 13.7. The van der Waals surface area contributed by atoms with Gasteiger partial charge in [0.1, 0.15) is 12.2 Å². The molecule has 0 heterocycles. The zero-order valence-electron chi connectivity index (χ0n) is 22.6. The van der Waals surface area contributed by atoms with Crippen LogP contribution in [-0.4, -0.2) is 46.3 Å². The quantitative estimate of drug-likeness (QED) is 0.223. The molecule has 8 nitrogen and oxygen atoms in total. The molecule has 210 valence electrons. The lowest BCUT2D eigenvalue weighted by molar-refractivity contribution is -0.166. The predicted molar refractivity (Wildman–Crippen MR) is 142 cm³/mol. The molecule has 2 saturated carbocycles. The van der Waals surface area contributed by atoms with Gasteiger partial charge in [-0.2, -0.15) is 0 Å². The zero-order chi connectivity index (χ0) is 28.0. The molecule has 0 spiro atoms. The third-order valence-corrected chi connectivity index (χ3v) is 6.95. The summed E-state index contributed by atoms with van der Waals surface area (Å²) in [7, 11) is 0. The maximum absolute atomic E-state index is 11.6. The number of aliphatic carboxylic acids is 2. The Morgan fingerprint density at radius 3 is 1.58 bits per heavy atom. The van der Waals surface area contributed by atoms with E-state index in [1.165, 1.54) is 25.0 Å². The summed E-state index contributed by atoms with van der Waals surface area (Å²) in [5, 5.41) is 18.6. The standard InChI is InChI=1S/C16H24O4.C14H18O4/c17-15(19-13-7-3-1-4-8-13)11-12-16(18)20-14-9-5-2-6-10-14;1-10(2)8-14(12(15)16,13(17)18)9-11-6-4-3-5-7-11/h11-14H,1-10H2;3-7,10H,8-9H2,1-2H3,(H,15,16)(H,17,18)/b12-11-;. The molecule has 0 amide bonds. The van der Waals surface area contributed by atoms with E-state index >= 15 is 0 Å². The summed E-state index contributed by atoms with van der Waals surface area (Å²) in [5.74, 6) is -3.41. The van der Waals surface area contributed by atoms with Gasteiger partial charge in [0.15, 0.2) is 5.41 Å². The first kappa shape index (κ1) is 31.1. The molecule has 38 heavy (non-hydrogen) atoms. The molecule has 0 saturated heterocycles. The average Bonchev–Trinajstić information content (AvgIpc) is 2.89. The number of rotatable bonds is 10. The monoisotopic (exact) mass is 530 g/mol. The summed E-state index contributed by atoms with van der Waals surface area (Å²) >= 11 is 0. The number of hydrogen-bond acceptors (Lipinski definition) is 6. The first-order valence-electron chi connectivity index (χ1n) is 13.7. The van der Waals surface area contributed by atoms with Crippen molar-refractivity contribution in [1.82, 2.24) is 0 Å². The van der Waals surface area contributed by atoms with Gasteiger partial charge in [-0.1, -0.05) is 57.0 Å². The van der Waals surface area contributed by atoms with Crippen LogP contribution in [0.15, 0.2) is 42.5 Å². The fraction of sp³-hybridized carbons (Fsp3) is 0.600. The zero-order valence-corrected chi connectivity index (χ0v) is 22.6. The van der Waals surface area contributed by atoms with Crippen molar-refractivity contribution in [3.05, 3.63) is 48.0 Å². The fourth-order valence-corrected chi connectivity index (χ4v) is 5.04. The smallest absolute Gasteiger partial charge is 0.331 e. The van der Waals surface area contributed by atoms with Crippen LogP contribution in [0, 0.1) is 11.3 Å². The van der Waals surface area contributed by atoms with Gasteiger partial charge in [-0.05, 0) is 75.7 Å². The van der Waals surface area contributed by atoms with E-state index in [-0.39, 0.29) is 31.0 Å². The Morgan fingerprint density at radius 1 is 0.789 bits per heavy atom. The number of hydrogen-bond donors (Lipinski definition) is 2. The van der Waals surface area contributed by atoms with Crippen molar-refractivity contribution >= 4 is 23.9 Å². The Labute approximate surface area is 225 Å². The molecule has 2 aliphatic rings. The van der Waals surface area contributed by atoms with E-state index in [9.17, 15) is 29.4 Å². The van der Waals surface area contributed by atoms with E-state index in [4.69, 9.17) is 9.47 Å². The van der Waals surface area contributed by atoms with E-state index < -0.39 is 29.3 Å². The van der Waals surface area contributed by atoms with Crippen LogP contribution in [-0.2, 0) is 35.1 Å². The van der Waals surface area contributed by atoms with Crippen LogP contribution < -0.4 is 0 Å². The maximum atomic E-state index is 11.6. The normalized spacial score (nSPS) is 16.9. The van der Waals surface area contributed by atoms with E-state index in [0.717, 1.165) is 56.9 Å². The molecule has 0 radical (unpaired) electrons. The fourth-order valence-electron chi connectivity index (χ4n) is 5.04. The van der Waals surface area contributed by atoms with E-state index in [1.807, 2.05) is 19.9 Å². The van der Waals surface area contributed by atoms with Crippen LogP contribution >= 0.6 is 0 Å². The minimum Gasteiger partial charge on any atom is -0.480 e. The second-order valence-electron chi connectivity index (χ2n) is 10.7. The van der Waals surface area contributed by atoms with Crippen LogP contribution in [0.25, 0.3) is 0 Å². The Bertz CT molecular complexity index is 877. The minimum atomic E-state index is -1.74. The van der Waals surface area contributed by atoms with Crippen molar-refractivity contribution < 1.29 is 38.9 Å². The average molecular weight is 531 g/mol. The van der Waals surface area contributed by atoms with Gasteiger partial charge >= 0.3 is 23.9 Å². The lowest BCUT2D eigenvalue weighted by Gasteiger charge is -2.26. The first-order chi connectivity index (χ1) is 18.1. The topological polar surface area (TPSA) is 127 Å². The molecule has 0 atom stereocenters. The number of carbonyl (C=O) groups is 4. The molecule has 0 aromatic heterocycles. The summed E-state index contributed by atoms with van der Waals surface area (Å²) in [6, 6.07) is 8.87. The molecule has 1 aromatic carbocycles. The predicted octanol–water partition coefficient (Wildman–Crippen LogP) is 5.73. The third-order valence-electron chi connectivity index (χ3n) is 6.95. The van der Waals surface area contributed by atoms with Gasteiger partial charge in [-0.3, -0.25) is 9.59 Å². The summed E-state index contributed by atoms with van der Waals surface area (Å²) in [6.07, 6.45) is 13.2. The number of carboxylic acid groups (broad SMARTS) is 2. The molecule has 1 aromatic rings. The van der Waals surface area contributed by atoms with Crippen LogP contribution in [0.1, 0.15) is 90.0 Å². The van der Waals surface area contributed by atoms with Crippen LogP contribution in [0.5, 0.6) is 0 Å². The molecule has 0 aliphatic heterocycles. The Balaban J connectivity index is 0.000000269. The molecule has 2 fully saturated rings. The number of benzene rings is 1. The highest BCUT2D eigenvalue weighted by Gasteiger charge is 2.46. The molecule has 8 heteroatoms. The van der Waals surface area contributed by atoms with Crippen molar-refractivity contribution in [2.45, 2.75) is 103 Å². The second-order valence-corrected chi connectivity index (χ2v) is 10.7. The molecule has 2 aliphatic carbocycles. The molecular weight excluding hydrogens is 488 g/mol. The van der Waals surface area contributed by atoms with E-state index in [0.29, 0.717) is 0 Å². The molecule has 2 N–H and O–H groups in total. The molecular formula is C30H42O8.